The molecule has 5 fully saturated rings. The van der Waals surface area contributed by atoms with Crippen molar-refractivity contribution in [3.8, 4) is 0 Å². The van der Waals surface area contributed by atoms with Gasteiger partial charge in [-0.2, -0.15) is 11.8 Å². The van der Waals surface area contributed by atoms with E-state index in [1.165, 1.54) is 56.5 Å². The minimum atomic E-state index is 0.426. The first-order valence-electron chi connectivity index (χ1n) is 10.2. The number of hydrogen-bond donors (Lipinski definition) is 1. The quantitative estimate of drug-likeness (QED) is 0.728. The van der Waals surface area contributed by atoms with Crippen LogP contribution in [-0.4, -0.2) is 23.6 Å². The molecule has 1 N–H and O–H groups in total. The van der Waals surface area contributed by atoms with E-state index >= 15 is 0 Å². The fraction of sp³-hybridized carbons (Fsp3) is 0.727. The highest BCUT2D eigenvalue weighted by Crippen LogP contribution is 2.66. The van der Waals surface area contributed by atoms with Crippen LogP contribution in [0.25, 0.3) is 0 Å². The first-order chi connectivity index (χ1) is 12.1. The molecule has 1 aromatic rings. The van der Waals surface area contributed by atoms with Crippen molar-refractivity contribution in [3.63, 3.8) is 0 Å². The summed E-state index contributed by atoms with van der Waals surface area (Å²) in [5.41, 5.74) is 2.52. The molecule has 25 heavy (non-hydrogen) atoms. The minimum Gasteiger partial charge on any atom is -0.310 e. The Kier molecular flexibility index (Phi) is 4.19. The molecule has 4 aliphatic carbocycles. The van der Waals surface area contributed by atoms with Gasteiger partial charge < -0.3 is 5.32 Å². The van der Waals surface area contributed by atoms with Crippen molar-refractivity contribution in [2.45, 2.75) is 69.4 Å². The number of thioether (sulfide) groups is 1. The molecule has 1 heterocycles. The Bertz CT molecular complexity index is 622. The van der Waals surface area contributed by atoms with E-state index in [4.69, 9.17) is 11.6 Å². The standard InChI is InChI=1S/C22H30ClNS/c1-15(24-20-6-7-25-13-20)21-9-16-8-17(10-21)12-22(11-16,14-21)18-2-4-19(23)5-3-18/h2-5,15-17,20,24H,6-14H2,1H3. The van der Waals surface area contributed by atoms with Crippen molar-refractivity contribution in [1.29, 1.82) is 0 Å². The van der Waals surface area contributed by atoms with Crippen LogP contribution in [0.5, 0.6) is 0 Å². The number of rotatable bonds is 4. The molecule has 5 aliphatic rings. The summed E-state index contributed by atoms with van der Waals surface area (Å²) in [7, 11) is 0. The number of nitrogens with one attached hydrogen (secondary N) is 1. The van der Waals surface area contributed by atoms with Crippen LogP contribution in [0.15, 0.2) is 24.3 Å². The van der Waals surface area contributed by atoms with Crippen LogP contribution in [0.3, 0.4) is 0 Å². The average Bonchev–Trinajstić information content (AvgIpc) is 3.07. The van der Waals surface area contributed by atoms with Crippen LogP contribution in [-0.2, 0) is 5.41 Å². The van der Waals surface area contributed by atoms with Crippen molar-refractivity contribution in [1.82, 2.24) is 5.32 Å². The van der Waals surface area contributed by atoms with E-state index in [9.17, 15) is 0 Å². The van der Waals surface area contributed by atoms with Crippen LogP contribution in [0.1, 0.15) is 57.4 Å². The molecule has 6 rings (SSSR count). The van der Waals surface area contributed by atoms with E-state index in [2.05, 4.69) is 48.3 Å². The van der Waals surface area contributed by atoms with Crippen molar-refractivity contribution >= 4 is 23.4 Å². The predicted molar refractivity (Wildman–Crippen MR) is 109 cm³/mol. The normalized spacial score (nSPS) is 43.5. The summed E-state index contributed by atoms with van der Waals surface area (Å²) in [5, 5.41) is 4.94. The first kappa shape index (κ1) is 17.0. The second-order valence-electron chi connectivity index (χ2n) is 9.56. The molecule has 4 saturated carbocycles. The summed E-state index contributed by atoms with van der Waals surface area (Å²) in [6.45, 7) is 2.51. The first-order valence-corrected chi connectivity index (χ1v) is 11.7. The molecule has 0 spiro atoms. The maximum absolute atomic E-state index is 6.18. The van der Waals surface area contributed by atoms with Gasteiger partial charge in [-0.1, -0.05) is 23.7 Å². The fourth-order valence-electron chi connectivity index (χ4n) is 7.18. The molecule has 3 heteroatoms. The minimum absolute atomic E-state index is 0.426. The Hall–Kier alpha value is -0.180. The second kappa shape index (κ2) is 6.17. The van der Waals surface area contributed by atoms with Crippen molar-refractivity contribution in [3.05, 3.63) is 34.9 Å². The highest BCUT2D eigenvalue weighted by Gasteiger charge is 2.59. The van der Waals surface area contributed by atoms with Crippen LogP contribution < -0.4 is 5.32 Å². The molecule has 136 valence electrons. The van der Waals surface area contributed by atoms with Crippen LogP contribution >= 0.6 is 23.4 Å². The van der Waals surface area contributed by atoms with E-state index in [-0.39, 0.29) is 0 Å². The zero-order chi connectivity index (χ0) is 17.1. The summed E-state index contributed by atoms with van der Waals surface area (Å²) >= 11 is 8.30. The predicted octanol–water partition coefficient (Wildman–Crippen LogP) is 5.66. The topological polar surface area (TPSA) is 12.0 Å². The summed E-state index contributed by atoms with van der Waals surface area (Å²) in [6.07, 6.45) is 10.0. The fourth-order valence-corrected chi connectivity index (χ4v) is 8.47. The lowest BCUT2D eigenvalue weighted by Crippen LogP contribution is -2.61. The van der Waals surface area contributed by atoms with Crippen LogP contribution in [0, 0.1) is 17.3 Å². The Balaban J connectivity index is 1.44. The summed E-state index contributed by atoms with van der Waals surface area (Å²) in [4.78, 5) is 0. The van der Waals surface area contributed by atoms with E-state index in [0.717, 1.165) is 22.9 Å². The molecule has 1 nitrogen and oxygen atoms in total. The van der Waals surface area contributed by atoms with Crippen molar-refractivity contribution < 1.29 is 0 Å². The molecular formula is C22H30ClNS. The summed E-state index contributed by atoms with van der Waals surface area (Å²) < 4.78 is 0. The Labute approximate surface area is 161 Å². The van der Waals surface area contributed by atoms with Gasteiger partial charge in [0, 0.05) is 22.9 Å². The van der Waals surface area contributed by atoms with Gasteiger partial charge in [-0.05, 0) is 98.0 Å². The highest BCUT2D eigenvalue weighted by molar-refractivity contribution is 7.99. The van der Waals surface area contributed by atoms with Gasteiger partial charge in [0.2, 0.25) is 0 Å². The maximum atomic E-state index is 6.18. The molecule has 0 radical (unpaired) electrons. The van der Waals surface area contributed by atoms with Gasteiger partial charge in [0.25, 0.3) is 0 Å². The number of hydrogen-bond acceptors (Lipinski definition) is 2. The average molecular weight is 376 g/mol. The Morgan fingerprint density at radius 1 is 1.12 bits per heavy atom. The van der Waals surface area contributed by atoms with Gasteiger partial charge in [0.05, 0.1) is 0 Å². The molecule has 4 bridgehead atoms. The molecule has 0 amide bonds. The largest absolute Gasteiger partial charge is 0.310 e. The second-order valence-corrected chi connectivity index (χ2v) is 11.1. The maximum Gasteiger partial charge on any atom is 0.0406 e. The van der Waals surface area contributed by atoms with Gasteiger partial charge in [0.15, 0.2) is 0 Å². The molecule has 1 aliphatic heterocycles. The highest BCUT2D eigenvalue weighted by atomic mass is 35.5. The van der Waals surface area contributed by atoms with Gasteiger partial charge in [0.1, 0.15) is 0 Å². The lowest BCUT2D eigenvalue weighted by Gasteiger charge is -2.64. The van der Waals surface area contributed by atoms with Gasteiger partial charge in [-0.3, -0.25) is 0 Å². The SMILES string of the molecule is CC(NC1CCSC1)C12CC3CC(CC(c4ccc(Cl)cc4)(C3)C1)C2. The van der Waals surface area contributed by atoms with Crippen LogP contribution in [0.4, 0.5) is 0 Å². The van der Waals surface area contributed by atoms with Crippen molar-refractivity contribution in [2.24, 2.45) is 17.3 Å². The molecular weight excluding hydrogens is 346 g/mol. The third kappa shape index (κ3) is 2.87. The lowest BCUT2D eigenvalue weighted by atomic mass is 9.41. The van der Waals surface area contributed by atoms with E-state index in [1.807, 2.05) is 0 Å². The van der Waals surface area contributed by atoms with Crippen molar-refractivity contribution in [2.75, 3.05) is 11.5 Å². The van der Waals surface area contributed by atoms with E-state index in [0.29, 0.717) is 16.9 Å². The monoisotopic (exact) mass is 375 g/mol. The van der Waals surface area contributed by atoms with E-state index < -0.39 is 0 Å². The third-order valence-corrected chi connectivity index (χ3v) is 9.31. The lowest BCUT2D eigenvalue weighted by molar-refractivity contribution is -0.0892. The molecule has 1 aromatic carbocycles. The van der Waals surface area contributed by atoms with Gasteiger partial charge >= 0.3 is 0 Å². The van der Waals surface area contributed by atoms with Crippen LogP contribution in [0.2, 0.25) is 5.02 Å². The summed E-state index contributed by atoms with van der Waals surface area (Å²) in [6, 6.07) is 10.3. The third-order valence-electron chi connectivity index (χ3n) is 7.90. The molecule has 1 saturated heterocycles. The Morgan fingerprint density at radius 2 is 1.84 bits per heavy atom. The Morgan fingerprint density at radius 3 is 2.48 bits per heavy atom. The number of halogens is 1. The summed E-state index contributed by atoms with van der Waals surface area (Å²) in [5.74, 6) is 4.55. The molecule has 4 atom stereocenters. The molecule has 0 aromatic heterocycles. The zero-order valence-corrected chi connectivity index (χ0v) is 16.8. The van der Waals surface area contributed by atoms with E-state index in [1.54, 1.807) is 5.56 Å². The number of benzene rings is 1. The molecule has 4 unspecified atom stereocenters. The zero-order valence-electron chi connectivity index (χ0n) is 15.3. The van der Waals surface area contributed by atoms with Gasteiger partial charge in [-0.25, -0.2) is 0 Å². The van der Waals surface area contributed by atoms with Gasteiger partial charge in [-0.15, -0.1) is 0 Å². The smallest absolute Gasteiger partial charge is 0.0406 e.